The lowest BCUT2D eigenvalue weighted by Crippen LogP contribution is -2.41. The van der Waals surface area contributed by atoms with Crippen molar-refractivity contribution in [3.8, 4) is 0 Å². The number of hydrogen-bond acceptors (Lipinski definition) is 4. The van der Waals surface area contributed by atoms with Crippen LogP contribution < -0.4 is 10.6 Å². The van der Waals surface area contributed by atoms with Crippen LogP contribution in [0.1, 0.15) is 0 Å². The van der Waals surface area contributed by atoms with Gasteiger partial charge >= 0.3 is 5.97 Å². The van der Waals surface area contributed by atoms with Crippen molar-refractivity contribution in [1.29, 1.82) is 0 Å². The molecule has 0 aromatic carbocycles. The highest BCUT2D eigenvalue weighted by molar-refractivity contribution is 5.83. The predicted octanol–water partition coefficient (Wildman–Crippen LogP) is -1.07. The maximum atomic E-state index is 10.7. The van der Waals surface area contributed by atoms with E-state index in [0.717, 1.165) is 5.70 Å². The molecule has 2 unspecified atom stereocenters. The van der Waals surface area contributed by atoms with Gasteiger partial charge in [-0.3, -0.25) is 10.3 Å². The Bertz CT molecular complexity index is 272. The number of aliphatic imine (C=N–C) groups is 1. The van der Waals surface area contributed by atoms with Crippen molar-refractivity contribution in [2.75, 3.05) is 6.67 Å². The fourth-order valence-electron chi connectivity index (χ4n) is 1.44. The van der Waals surface area contributed by atoms with Gasteiger partial charge in [-0.1, -0.05) is 0 Å². The third-order valence-corrected chi connectivity index (χ3v) is 2.02. The molecule has 2 aliphatic rings. The molecule has 0 aliphatic carbocycles. The van der Waals surface area contributed by atoms with Crippen molar-refractivity contribution in [2.45, 2.75) is 12.1 Å². The van der Waals surface area contributed by atoms with Crippen LogP contribution in [-0.2, 0) is 4.79 Å². The van der Waals surface area contributed by atoms with Crippen molar-refractivity contribution in [3.05, 3.63) is 11.8 Å². The van der Waals surface area contributed by atoms with Gasteiger partial charge in [-0.05, 0) is 6.08 Å². The molecule has 5 heteroatoms. The number of carboxylic acid groups (broad SMARTS) is 1. The highest BCUT2D eigenvalue weighted by Crippen LogP contribution is 2.14. The summed E-state index contributed by atoms with van der Waals surface area (Å²) < 4.78 is 0. The monoisotopic (exact) mass is 167 g/mol. The Hall–Kier alpha value is -1.36. The molecule has 12 heavy (non-hydrogen) atoms. The van der Waals surface area contributed by atoms with E-state index in [9.17, 15) is 4.79 Å². The van der Waals surface area contributed by atoms with Crippen molar-refractivity contribution >= 4 is 12.2 Å². The van der Waals surface area contributed by atoms with Gasteiger partial charge in [0.05, 0.1) is 12.7 Å². The molecule has 2 aliphatic heterocycles. The maximum Gasteiger partial charge on any atom is 0.330 e. The summed E-state index contributed by atoms with van der Waals surface area (Å²) in [4.78, 5) is 14.6. The van der Waals surface area contributed by atoms with Crippen LogP contribution in [0.3, 0.4) is 0 Å². The lowest BCUT2D eigenvalue weighted by atomic mass is 10.0. The zero-order chi connectivity index (χ0) is 8.55. The molecule has 2 atom stereocenters. The number of dihydropyridines is 1. The fourth-order valence-corrected chi connectivity index (χ4v) is 1.44. The molecule has 0 radical (unpaired) electrons. The Labute approximate surface area is 69.2 Å². The zero-order valence-electron chi connectivity index (χ0n) is 6.32. The molecular weight excluding hydrogens is 158 g/mol. The molecule has 3 N–H and O–H groups in total. The number of fused-ring (bicyclic) bond motifs is 1. The molecule has 0 spiro atoms. The summed E-state index contributed by atoms with van der Waals surface area (Å²) >= 11 is 0. The van der Waals surface area contributed by atoms with Crippen LogP contribution in [0.5, 0.6) is 0 Å². The van der Waals surface area contributed by atoms with Crippen LogP contribution in [0.15, 0.2) is 16.8 Å². The average molecular weight is 167 g/mol. The van der Waals surface area contributed by atoms with Gasteiger partial charge in [0.25, 0.3) is 0 Å². The summed E-state index contributed by atoms with van der Waals surface area (Å²) in [6.45, 7) is 0.615. The van der Waals surface area contributed by atoms with E-state index in [0.29, 0.717) is 6.67 Å². The highest BCUT2D eigenvalue weighted by atomic mass is 16.4. The van der Waals surface area contributed by atoms with Crippen molar-refractivity contribution in [1.82, 2.24) is 10.6 Å². The molecule has 2 rings (SSSR count). The first kappa shape index (κ1) is 7.30. The topological polar surface area (TPSA) is 73.7 Å². The number of hydrogen-bond donors (Lipinski definition) is 3. The van der Waals surface area contributed by atoms with Crippen LogP contribution >= 0.6 is 0 Å². The molecule has 1 saturated heterocycles. The predicted molar refractivity (Wildman–Crippen MR) is 42.9 cm³/mol. The first-order valence-electron chi connectivity index (χ1n) is 3.72. The summed E-state index contributed by atoms with van der Waals surface area (Å²) in [5.41, 5.74) is 0.914. The SMILES string of the molecule is O=C(O)C1N=CC=C2NCNC21. The summed E-state index contributed by atoms with van der Waals surface area (Å²) in [7, 11) is 0. The number of rotatable bonds is 1. The Kier molecular flexibility index (Phi) is 1.58. The van der Waals surface area contributed by atoms with E-state index >= 15 is 0 Å². The first-order valence-corrected chi connectivity index (χ1v) is 3.72. The van der Waals surface area contributed by atoms with Crippen LogP contribution in [0.25, 0.3) is 0 Å². The number of carbonyl (C=O) groups is 1. The number of aliphatic carboxylic acids is 1. The van der Waals surface area contributed by atoms with Crippen LogP contribution in [-0.4, -0.2) is 36.0 Å². The van der Waals surface area contributed by atoms with Gasteiger partial charge < -0.3 is 10.4 Å². The molecule has 0 saturated carbocycles. The first-order chi connectivity index (χ1) is 5.79. The zero-order valence-corrected chi connectivity index (χ0v) is 6.32. The second kappa shape index (κ2) is 2.60. The van der Waals surface area contributed by atoms with Gasteiger partial charge in [-0.15, -0.1) is 0 Å². The van der Waals surface area contributed by atoms with Gasteiger partial charge in [-0.2, -0.15) is 0 Å². The van der Waals surface area contributed by atoms with Gasteiger partial charge in [0.1, 0.15) is 0 Å². The van der Waals surface area contributed by atoms with Crippen LogP contribution in [0.2, 0.25) is 0 Å². The molecule has 5 nitrogen and oxygen atoms in total. The normalized spacial score (nSPS) is 32.2. The number of nitrogens with zero attached hydrogens (tertiary/aromatic N) is 1. The van der Waals surface area contributed by atoms with E-state index in [1.165, 1.54) is 6.21 Å². The summed E-state index contributed by atoms with van der Waals surface area (Å²) in [6.07, 6.45) is 3.33. The summed E-state index contributed by atoms with van der Waals surface area (Å²) in [5, 5.41) is 14.8. The minimum absolute atomic E-state index is 0.174. The highest BCUT2D eigenvalue weighted by Gasteiger charge is 2.34. The van der Waals surface area contributed by atoms with E-state index in [2.05, 4.69) is 15.6 Å². The van der Waals surface area contributed by atoms with Gasteiger partial charge in [0.2, 0.25) is 0 Å². The quantitative estimate of drug-likeness (QED) is 0.465. The van der Waals surface area contributed by atoms with Gasteiger partial charge in [-0.25, -0.2) is 4.79 Å². The average Bonchev–Trinajstić information content (AvgIpc) is 2.49. The molecule has 1 fully saturated rings. The summed E-state index contributed by atoms with van der Waals surface area (Å²) in [6, 6.07) is -0.854. The van der Waals surface area contributed by atoms with E-state index in [1.807, 2.05) is 0 Å². The largest absolute Gasteiger partial charge is 0.480 e. The number of allylic oxidation sites excluding steroid dienone is 1. The molecule has 0 amide bonds. The minimum Gasteiger partial charge on any atom is -0.480 e. The Balaban J connectivity index is 2.24. The Morgan fingerprint density at radius 2 is 2.58 bits per heavy atom. The van der Waals surface area contributed by atoms with E-state index in [1.54, 1.807) is 6.08 Å². The Morgan fingerprint density at radius 3 is 3.33 bits per heavy atom. The fraction of sp³-hybridized carbons (Fsp3) is 0.429. The van der Waals surface area contributed by atoms with Crippen molar-refractivity contribution < 1.29 is 9.90 Å². The van der Waals surface area contributed by atoms with Crippen LogP contribution in [0, 0.1) is 0 Å². The second-order valence-corrected chi connectivity index (χ2v) is 2.74. The lowest BCUT2D eigenvalue weighted by Gasteiger charge is -2.18. The number of nitrogens with one attached hydrogen (secondary N) is 2. The van der Waals surface area contributed by atoms with E-state index in [-0.39, 0.29) is 6.04 Å². The summed E-state index contributed by atoms with van der Waals surface area (Å²) in [5.74, 6) is -0.891. The van der Waals surface area contributed by atoms with E-state index in [4.69, 9.17) is 5.11 Å². The second-order valence-electron chi connectivity index (χ2n) is 2.74. The molecule has 2 heterocycles. The van der Waals surface area contributed by atoms with Gasteiger partial charge in [0.15, 0.2) is 6.04 Å². The molecule has 0 aromatic rings. The Morgan fingerprint density at radius 1 is 1.75 bits per heavy atom. The standard InChI is InChI=1S/C7H9N3O2/c11-7(12)6-5-4(1-2-8-6)9-3-10-5/h1-2,5-6,9-10H,3H2,(H,11,12). The van der Waals surface area contributed by atoms with Gasteiger partial charge in [0, 0.05) is 11.9 Å². The number of carboxylic acids is 1. The van der Waals surface area contributed by atoms with Crippen molar-refractivity contribution in [2.24, 2.45) is 4.99 Å². The van der Waals surface area contributed by atoms with Crippen molar-refractivity contribution in [3.63, 3.8) is 0 Å². The van der Waals surface area contributed by atoms with Crippen LogP contribution in [0.4, 0.5) is 0 Å². The maximum absolute atomic E-state index is 10.7. The molecule has 64 valence electrons. The lowest BCUT2D eigenvalue weighted by molar-refractivity contribution is -0.138. The third kappa shape index (κ3) is 0.984. The van der Waals surface area contributed by atoms with E-state index < -0.39 is 12.0 Å². The third-order valence-electron chi connectivity index (χ3n) is 2.02. The smallest absolute Gasteiger partial charge is 0.330 e. The molecular formula is C7H9N3O2. The molecule has 0 aromatic heterocycles. The molecule has 0 bridgehead atoms. The minimum atomic E-state index is -0.891.